The van der Waals surface area contributed by atoms with Crippen LogP contribution in [0.1, 0.15) is 76.8 Å². The second-order valence-electron chi connectivity index (χ2n) is 8.70. The molecule has 1 aliphatic heterocycles. The number of nitrogens with zero attached hydrogens (tertiary/aromatic N) is 1. The fourth-order valence-electron chi connectivity index (χ4n) is 5.36. The minimum atomic E-state index is 0.121. The standard InChI is InChI=1S/C24H34N4/c1-3-28-22(18-10-6-7-11-18)14-19(23(28)15-24(25)26)21-13-16(2)12-20(27-21)17-8-4-5-9-17/h12-15,17-18,27H,3-11H2,1-2H3,(H3,25,26). The highest BCUT2D eigenvalue weighted by molar-refractivity contribution is 6.05. The molecule has 0 spiro atoms. The molecule has 0 unspecified atom stereocenters. The first-order chi connectivity index (χ1) is 13.6. The van der Waals surface area contributed by atoms with E-state index in [1.807, 2.05) is 6.08 Å². The number of aromatic nitrogens is 1. The molecular weight excluding hydrogens is 344 g/mol. The number of nitrogens with one attached hydrogen (secondary N) is 2. The van der Waals surface area contributed by atoms with E-state index in [2.05, 4.69) is 41.9 Å². The lowest BCUT2D eigenvalue weighted by Crippen LogP contribution is -2.36. The maximum atomic E-state index is 7.90. The van der Waals surface area contributed by atoms with Crippen LogP contribution < -0.4 is 21.6 Å². The quantitative estimate of drug-likeness (QED) is 0.553. The molecule has 1 aromatic rings. The van der Waals surface area contributed by atoms with Crippen LogP contribution in [-0.2, 0) is 6.54 Å². The predicted octanol–water partition coefficient (Wildman–Crippen LogP) is 3.61. The fourth-order valence-corrected chi connectivity index (χ4v) is 5.36. The molecular formula is C24H34N4. The van der Waals surface area contributed by atoms with E-state index < -0.39 is 0 Å². The molecule has 2 fully saturated rings. The van der Waals surface area contributed by atoms with Gasteiger partial charge in [-0.2, -0.15) is 0 Å². The third kappa shape index (κ3) is 3.69. The maximum absolute atomic E-state index is 7.90. The lowest BCUT2D eigenvalue weighted by Gasteiger charge is -2.22. The van der Waals surface area contributed by atoms with Gasteiger partial charge in [-0.15, -0.1) is 0 Å². The summed E-state index contributed by atoms with van der Waals surface area (Å²) in [5.74, 6) is 1.41. The molecule has 2 saturated carbocycles. The van der Waals surface area contributed by atoms with Gasteiger partial charge in [-0.3, -0.25) is 5.41 Å². The van der Waals surface area contributed by atoms with Crippen LogP contribution in [0.4, 0.5) is 0 Å². The fraction of sp³-hybridized carbons (Fsp3) is 0.542. The molecule has 0 radical (unpaired) electrons. The molecule has 0 atom stereocenters. The van der Waals surface area contributed by atoms with Crippen LogP contribution in [0.2, 0.25) is 0 Å². The van der Waals surface area contributed by atoms with E-state index in [9.17, 15) is 0 Å². The summed E-state index contributed by atoms with van der Waals surface area (Å²) in [6.45, 7) is 5.30. The molecule has 1 aromatic heterocycles. The van der Waals surface area contributed by atoms with Gasteiger partial charge < -0.3 is 15.6 Å². The minimum absolute atomic E-state index is 0.121. The normalized spacial score (nSPS) is 23.7. The number of dihydropyridines is 1. The third-order valence-electron chi connectivity index (χ3n) is 6.67. The second kappa shape index (κ2) is 8.02. The van der Waals surface area contributed by atoms with Crippen LogP contribution in [0, 0.1) is 11.3 Å². The van der Waals surface area contributed by atoms with Gasteiger partial charge in [0.2, 0.25) is 0 Å². The van der Waals surface area contributed by atoms with Crippen molar-refractivity contribution >= 4 is 17.6 Å². The lowest BCUT2D eigenvalue weighted by atomic mass is 9.98. The van der Waals surface area contributed by atoms with Gasteiger partial charge in [-0.05, 0) is 75.2 Å². The van der Waals surface area contributed by atoms with E-state index >= 15 is 0 Å². The van der Waals surface area contributed by atoms with Crippen molar-refractivity contribution in [1.29, 1.82) is 5.41 Å². The molecule has 0 aromatic carbocycles. The monoisotopic (exact) mass is 378 g/mol. The molecule has 0 bridgehead atoms. The van der Waals surface area contributed by atoms with Gasteiger partial charge in [-0.1, -0.05) is 25.7 Å². The number of nitrogens with two attached hydrogens (primary N) is 1. The Balaban J connectivity index is 1.88. The molecule has 4 rings (SSSR count). The molecule has 4 nitrogen and oxygen atoms in total. The molecule has 0 amide bonds. The minimum Gasteiger partial charge on any atom is -0.384 e. The van der Waals surface area contributed by atoms with Gasteiger partial charge in [0, 0.05) is 34.9 Å². The first kappa shape index (κ1) is 19.1. The molecule has 4 N–H and O–H groups in total. The molecule has 2 heterocycles. The van der Waals surface area contributed by atoms with E-state index in [0.29, 0.717) is 11.8 Å². The summed E-state index contributed by atoms with van der Waals surface area (Å²) >= 11 is 0. The van der Waals surface area contributed by atoms with Crippen molar-refractivity contribution in [2.75, 3.05) is 0 Å². The first-order valence-corrected chi connectivity index (χ1v) is 11.0. The Labute approximate surface area is 168 Å². The smallest absolute Gasteiger partial charge is 0.117 e. The topological polar surface area (TPSA) is 66.8 Å². The zero-order chi connectivity index (χ0) is 19.7. The number of amidine groups is 1. The van der Waals surface area contributed by atoms with Crippen LogP contribution in [0.3, 0.4) is 0 Å². The zero-order valence-electron chi connectivity index (χ0n) is 17.4. The Hall–Kier alpha value is -2.23. The number of allylic oxidation sites excluding steroid dienone is 3. The Morgan fingerprint density at radius 2 is 1.79 bits per heavy atom. The van der Waals surface area contributed by atoms with Gasteiger partial charge in [0.05, 0.1) is 5.35 Å². The van der Waals surface area contributed by atoms with Gasteiger partial charge in [0.15, 0.2) is 0 Å². The third-order valence-corrected chi connectivity index (χ3v) is 6.67. The van der Waals surface area contributed by atoms with Crippen molar-refractivity contribution in [1.82, 2.24) is 9.88 Å². The summed E-state index contributed by atoms with van der Waals surface area (Å²) in [5, 5.41) is 13.9. The van der Waals surface area contributed by atoms with Gasteiger partial charge >= 0.3 is 0 Å². The largest absolute Gasteiger partial charge is 0.384 e. The summed E-state index contributed by atoms with van der Waals surface area (Å²) in [6, 6.07) is 2.37. The molecule has 2 aliphatic carbocycles. The Morgan fingerprint density at radius 1 is 1.14 bits per heavy atom. The number of rotatable bonds is 4. The molecule has 28 heavy (non-hydrogen) atoms. The van der Waals surface area contributed by atoms with E-state index in [-0.39, 0.29) is 5.84 Å². The van der Waals surface area contributed by atoms with Crippen molar-refractivity contribution in [3.63, 3.8) is 0 Å². The van der Waals surface area contributed by atoms with E-state index in [1.54, 1.807) is 0 Å². The number of hydrogen-bond donors (Lipinski definition) is 3. The van der Waals surface area contributed by atoms with Gasteiger partial charge in [0.25, 0.3) is 0 Å². The van der Waals surface area contributed by atoms with Crippen LogP contribution in [0.15, 0.2) is 29.5 Å². The highest BCUT2D eigenvalue weighted by Gasteiger charge is 2.24. The average molecular weight is 379 g/mol. The molecule has 0 saturated heterocycles. The van der Waals surface area contributed by atoms with Crippen LogP contribution in [-0.4, -0.2) is 10.4 Å². The summed E-state index contributed by atoms with van der Waals surface area (Å²) in [6.07, 6.45) is 16.8. The molecule has 3 aliphatic rings. The maximum Gasteiger partial charge on any atom is 0.117 e. The highest BCUT2D eigenvalue weighted by atomic mass is 15.0. The van der Waals surface area contributed by atoms with Crippen molar-refractivity contribution in [2.24, 2.45) is 11.7 Å². The van der Waals surface area contributed by atoms with Crippen molar-refractivity contribution in [2.45, 2.75) is 77.7 Å². The van der Waals surface area contributed by atoms with E-state index in [1.165, 1.54) is 79.2 Å². The average Bonchev–Trinajstić information content (AvgIpc) is 3.41. The molecule has 150 valence electrons. The predicted molar refractivity (Wildman–Crippen MR) is 117 cm³/mol. The first-order valence-electron chi connectivity index (χ1n) is 11.0. The summed E-state index contributed by atoms with van der Waals surface area (Å²) in [7, 11) is 0. The highest BCUT2D eigenvalue weighted by Crippen LogP contribution is 2.34. The zero-order valence-corrected chi connectivity index (χ0v) is 17.4. The molecule has 4 heteroatoms. The number of hydrogen-bond acceptors (Lipinski definition) is 2. The summed E-state index contributed by atoms with van der Waals surface area (Å²) in [5.41, 5.74) is 11.1. The second-order valence-corrected chi connectivity index (χ2v) is 8.70. The lowest BCUT2D eigenvalue weighted by molar-refractivity contribution is 0.608. The Kier molecular flexibility index (Phi) is 5.47. The summed E-state index contributed by atoms with van der Waals surface area (Å²) < 4.78 is 2.39. The SMILES string of the molecule is CCn1c(C2CCCC2)cc(=C2C=C(C)C=C(C3CCCC3)N2)c1=CC(=N)N. The van der Waals surface area contributed by atoms with Crippen molar-refractivity contribution in [3.8, 4) is 0 Å². The van der Waals surface area contributed by atoms with Crippen molar-refractivity contribution < 1.29 is 0 Å². The Morgan fingerprint density at radius 3 is 2.39 bits per heavy atom. The van der Waals surface area contributed by atoms with Crippen LogP contribution >= 0.6 is 0 Å². The van der Waals surface area contributed by atoms with Crippen LogP contribution in [0.5, 0.6) is 0 Å². The van der Waals surface area contributed by atoms with E-state index in [4.69, 9.17) is 11.1 Å². The van der Waals surface area contributed by atoms with Gasteiger partial charge in [0.1, 0.15) is 5.84 Å². The van der Waals surface area contributed by atoms with E-state index in [0.717, 1.165) is 11.9 Å². The van der Waals surface area contributed by atoms with Crippen LogP contribution in [0.25, 0.3) is 11.8 Å². The van der Waals surface area contributed by atoms with Crippen molar-refractivity contribution in [3.05, 3.63) is 45.8 Å². The van der Waals surface area contributed by atoms with Gasteiger partial charge in [-0.25, -0.2) is 0 Å². The Bertz CT molecular complexity index is 932. The summed E-state index contributed by atoms with van der Waals surface area (Å²) in [4.78, 5) is 0.